The van der Waals surface area contributed by atoms with E-state index in [2.05, 4.69) is 9.71 Å². The number of halogens is 1. The number of hydrogen-bond donors (Lipinski definition) is 2. The summed E-state index contributed by atoms with van der Waals surface area (Å²) in [6.45, 7) is 1.01. The smallest absolute Gasteiger partial charge is 0.241 e. The molecule has 0 aliphatic carbocycles. The maximum absolute atomic E-state index is 13.7. The molecule has 0 bridgehead atoms. The second-order valence-electron chi connectivity index (χ2n) is 4.54. The number of aliphatic hydroxyl groups excluding tert-OH is 1. The number of benzene rings is 1. The van der Waals surface area contributed by atoms with Crippen LogP contribution in [0.15, 0.2) is 41.6 Å². The average molecular weight is 310 g/mol. The molecule has 0 saturated carbocycles. The number of rotatable bonds is 5. The summed E-state index contributed by atoms with van der Waals surface area (Å²) in [6.07, 6.45) is 3.13. The van der Waals surface area contributed by atoms with Crippen LogP contribution in [0.5, 0.6) is 0 Å². The molecule has 1 heterocycles. The molecule has 0 spiro atoms. The van der Waals surface area contributed by atoms with Gasteiger partial charge < -0.3 is 5.11 Å². The first kappa shape index (κ1) is 15.6. The molecule has 21 heavy (non-hydrogen) atoms. The van der Waals surface area contributed by atoms with Crippen molar-refractivity contribution in [2.24, 2.45) is 0 Å². The first-order valence-electron chi connectivity index (χ1n) is 6.22. The topological polar surface area (TPSA) is 79.3 Å². The van der Waals surface area contributed by atoms with Gasteiger partial charge in [0.1, 0.15) is 5.82 Å². The van der Waals surface area contributed by atoms with E-state index in [1.165, 1.54) is 13.0 Å². The van der Waals surface area contributed by atoms with Crippen molar-refractivity contribution >= 4 is 10.0 Å². The van der Waals surface area contributed by atoms with E-state index in [0.717, 1.165) is 6.07 Å². The summed E-state index contributed by atoms with van der Waals surface area (Å²) in [7, 11) is -3.87. The third kappa shape index (κ3) is 3.63. The van der Waals surface area contributed by atoms with Crippen molar-refractivity contribution in [3.63, 3.8) is 0 Å². The average Bonchev–Trinajstić information content (AvgIpc) is 2.48. The van der Waals surface area contributed by atoms with Crippen molar-refractivity contribution in [3.05, 3.63) is 59.2 Å². The summed E-state index contributed by atoms with van der Waals surface area (Å²) in [6, 6.07) is 5.81. The van der Waals surface area contributed by atoms with Gasteiger partial charge in [-0.3, -0.25) is 4.98 Å². The normalized spacial score (nSPS) is 11.6. The quantitative estimate of drug-likeness (QED) is 0.877. The number of sulfonamides is 1. The Labute approximate surface area is 122 Å². The third-order valence-electron chi connectivity index (χ3n) is 3.02. The number of nitrogens with one attached hydrogen (secondary N) is 1. The largest absolute Gasteiger partial charge is 0.392 e. The van der Waals surface area contributed by atoms with Crippen molar-refractivity contribution in [1.82, 2.24) is 9.71 Å². The maximum Gasteiger partial charge on any atom is 0.241 e. The van der Waals surface area contributed by atoms with Crippen molar-refractivity contribution < 1.29 is 17.9 Å². The molecular weight excluding hydrogens is 295 g/mol. The SMILES string of the molecule is Cc1c(F)cc(CO)cc1S(=O)(=O)NCc1cccnc1. The van der Waals surface area contributed by atoms with E-state index in [9.17, 15) is 12.8 Å². The molecule has 1 aromatic carbocycles. The minimum atomic E-state index is -3.87. The molecule has 0 atom stereocenters. The number of aliphatic hydroxyl groups is 1. The number of hydrogen-bond acceptors (Lipinski definition) is 4. The number of nitrogens with zero attached hydrogens (tertiary/aromatic N) is 1. The fraction of sp³-hybridized carbons (Fsp3) is 0.214. The van der Waals surface area contributed by atoms with Crippen molar-refractivity contribution in [2.75, 3.05) is 0 Å². The molecule has 7 heteroatoms. The Kier molecular flexibility index (Phi) is 4.66. The molecule has 2 rings (SSSR count). The molecule has 0 unspecified atom stereocenters. The van der Waals surface area contributed by atoms with Crippen LogP contribution in [0.25, 0.3) is 0 Å². The van der Waals surface area contributed by atoms with E-state index in [1.54, 1.807) is 24.5 Å². The van der Waals surface area contributed by atoms with Gasteiger partial charge in [-0.05, 0) is 36.2 Å². The van der Waals surface area contributed by atoms with Crippen LogP contribution in [0.4, 0.5) is 4.39 Å². The second-order valence-corrected chi connectivity index (χ2v) is 6.28. The third-order valence-corrected chi connectivity index (χ3v) is 4.55. The van der Waals surface area contributed by atoms with Crippen LogP contribution in [0.3, 0.4) is 0 Å². The Morgan fingerprint density at radius 2 is 2.10 bits per heavy atom. The van der Waals surface area contributed by atoms with Gasteiger partial charge in [-0.15, -0.1) is 0 Å². The van der Waals surface area contributed by atoms with Gasteiger partial charge >= 0.3 is 0 Å². The van der Waals surface area contributed by atoms with Gasteiger partial charge in [-0.25, -0.2) is 17.5 Å². The minimum Gasteiger partial charge on any atom is -0.392 e. The molecule has 5 nitrogen and oxygen atoms in total. The molecular formula is C14H15FN2O3S. The lowest BCUT2D eigenvalue weighted by Gasteiger charge is -2.11. The zero-order chi connectivity index (χ0) is 15.5. The fourth-order valence-corrected chi connectivity index (χ4v) is 3.16. The molecule has 112 valence electrons. The van der Waals surface area contributed by atoms with Crippen molar-refractivity contribution in [2.45, 2.75) is 25.0 Å². The Hall–Kier alpha value is -1.83. The van der Waals surface area contributed by atoms with Crippen LogP contribution in [-0.2, 0) is 23.2 Å². The summed E-state index contributed by atoms with van der Waals surface area (Å²) in [5.41, 5.74) is 0.920. The molecule has 1 aromatic heterocycles. The van der Waals surface area contributed by atoms with Crippen LogP contribution < -0.4 is 4.72 Å². The lowest BCUT2D eigenvalue weighted by molar-refractivity contribution is 0.281. The Balaban J connectivity index is 2.29. The molecule has 0 radical (unpaired) electrons. The van der Waals surface area contributed by atoms with Crippen LogP contribution in [0.2, 0.25) is 0 Å². The van der Waals surface area contributed by atoms with Crippen LogP contribution in [0.1, 0.15) is 16.7 Å². The van der Waals surface area contributed by atoms with E-state index in [0.29, 0.717) is 5.56 Å². The van der Waals surface area contributed by atoms with Crippen molar-refractivity contribution in [3.8, 4) is 0 Å². The summed E-state index contributed by atoms with van der Waals surface area (Å²) < 4.78 is 40.6. The van der Waals surface area contributed by atoms with Gasteiger partial charge in [0.25, 0.3) is 0 Å². The zero-order valence-electron chi connectivity index (χ0n) is 11.4. The van der Waals surface area contributed by atoms with E-state index < -0.39 is 22.4 Å². The molecule has 0 fully saturated rings. The predicted molar refractivity (Wildman–Crippen MR) is 75.3 cm³/mol. The Morgan fingerprint density at radius 3 is 2.71 bits per heavy atom. The number of aromatic nitrogens is 1. The summed E-state index contributed by atoms with van der Waals surface area (Å²) >= 11 is 0. The highest BCUT2D eigenvalue weighted by Gasteiger charge is 2.20. The summed E-state index contributed by atoms with van der Waals surface area (Å²) in [5.74, 6) is -0.664. The molecule has 2 N–H and O–H groups in total. The highest BCUT2D eigenvalue weighted by atomic mass is 32.2. The van der Waals surface area contributed by atoms with Gasteiger partial charge in [0.2, 0.25) is 10.0 Å². The first-order chi connectivity index (χ1) is 9.94. The van der Waals surface area contributed by atoms with Crippen LogP contribution in [0, 0.1) is 12.7 Å². The predicted octanol–water partition coefficient (Wildman–Crippen LogP) is 1.50. The molecule has 0 aliphatic heterocycles. The molecule has 2 aromatic rings. The Bertz CT molecular complexity index is 733. The summed E-state index contributed by atoms with van der Waals surface area (Å²) in [4.78, 5) is 3.72. The van der Waals surface area contributed by atoms with Gasteiger partial charge in [-0.2, -0.15) is 0 Å². The highest BCUT2D eigenvalue weighted by molar-refractivity contribution is 7.89. The fourth-order valence-electron chi connectivity index (χ4n) is 1.84. The maximum atomic E-state index is 13.7. The molecule has 0 saturated heterocycles. The lowest BCUT2D eigenvalue weighted by Crippen LogP contribution is -2.24. The monoisotopic (exact) mass is 310 g/mol. The minimum absolute atomic E-state index is 0.0193. The van der Waals surface area contributed by atoms with Gasteiger partial charge in [0, 0.05) is 24.5 Å². The highest BCUT2D eigenvalue weighted by Crippen LogP contribution is 2.20. The second kappa shape index (κ2) is 6.30. The Morgan fingerprint density at radius 1 is 1.33 bits per heavy atom. The molecule has 0 aliphatic rings. The molecule has 0 amide bonds. The summed E-state index contributed by atoms with van der Waals surface area (Å²) in [5, 5.41) is 9.06. The van der Waals surface area contributed by atoms with Gasteiger partial charge in [-0.1, -0.05) is 6.07 Å². The zero-order valence-corrected chi connectivity index (χ0v) is 12.2. The number of pyridine rings is 1. The van der Waals surface area contributed by atoms with E-state index in [-0.39, 0.29) is 22.6 Å². The van der Waals surface area contributed by atoms with Crippen LogP contribution in [-0.4, -0.2) is 18.5 Å². The van der Waals surface area contributed by atoms with Crippen LogP contribution >= 0.6 is 0 Å². The van der Waals surface area contributed by atoms with Gasteiger partial charge in [0.15, 0.2) is 0 Å². The van der Waals surface area contributed by atoms with Gasteiger partial charge in [0.05, 0.1) is 11.5 Å². The first-order valence-corrected chi connectivity index (χ1v) is 7.71. The van der Waals surface area contributed by atoms with E-state index in [4.69, 9.17) is 5.11 Å². The van der Waals surface area contributed by atoms with E-state index in [1.807, 2.05) is 0 Å². The lowest BCUT2D eigenvalue weighted by atomic mass is 10.1. The van der Waals surface area contributed by atoms with E-state index >= 15 is 0 Å². The standard InChI is InChI=1S/C14H15FN2O3S/c1-10-13(15)5-12(9-18)6-14(10)21(19,20)17-8-11-3-2-4-16-7-11/h2-7,17-18H,8-9H2,1H3. The van der Waals surface area contributed by atoms with Crippen molar-refractivity contribution in [1.29, 1.82) is 0 Å².